The monoisotopic (exact) mass is 382 g/mol. The molecule has 4 N–H and O–H groups in total. The van der Waals surface area contributed by atoms with Gasteiger partial charge >= 0.3 is 0 Å². The Bertz CT molecular complexity index is 921. The average Bonchev–Trinajstić information content (AvgIpc) is 2.70. The van der Waals surface area contributed by atoms with Gasteiger partial charge in [-0.05, 0) is 79.1 Å². The van der Waals surface area contributed by atoms with Crippen molar-refractivity contribution in [2.24, 2.45) is 0 Å². The van der Waals surface area contributed by atoms with Crippen molar-refractivity contribution in [3.63, 3.8) is 0 Å². The number of amides is 1. The fourth-order valence-electron chi connectivity index (χ4n) is 3.93. The molecule has 6 heteroatoms. The van der Waals surface area contributed by atoms with Gasteiger partial charge in [-0.3, -0.25) is 4.79 Å². The van der Waals surface area contributed by atoms with Gasteiger partial charge in [0.1, 0.15) is 5.75 Å². The molecule has 1 unspecified atom stereocenters. The summed E-state index contributed by atoms with van der Waals surface area (Å²) in [4.78, 5) is 12.6. The third kappa shape index (κ3) is 3.23. The zero-order valence-corrected chi connectivity index (χ0v) is 16.2. The number of aryl methyl sites for hydroxylation is 1. The van der Waals surface area contributed by atoms with E-state index in [1.54, 1.807) is 6.92 Å². The number of carbonyl (C=O) groups excluding carboxylic acids is 1. The van der Waals surface area contributed by atoms with Crippen molar-refractivity contribution in [3.05, 3.63) is 41.5 Å². The Kier molecular flexibility index (Phi) is 4.77. The highest BCUT2D eigenvalue weighted by Gasteiger charge is 2.41. The summed E-state index contributed by atoms with van der Waals surface area (Å²) in [7, 11) is 0. The minimum Gasteiger partial charge on any atom is -0.473 e. The molecule has 0 saturated carbocycles. The molecule has 0 radical (unpaired) electrons. The molecular formula is C22H26N2O4. The maximum Gasteiger partial charge on any atom is 0.270 e. The predicted molar refractivity (Wildman–Crippen MR) is 109 cm³/mol. The lowest BCUT2D eigenvalue weighted by Gasteiger charge is -2.36. The zero-order valence-electron chi connectivity index (χ0n) is 16.2. The van der Waals surface area contributed by atoms with Gasteiger partial charge in [0, 0.05) is 18.9 Å². The maximum absolute atomic E-state index is 12.6. The zero-order chi connectivity index (χ0) is 19.9. The Hall–Kier alpha value is -2.57. The van der Waals surface area contributed by atoms with Gasteiger partial charge in [-0.25, -0.2) is 0 Å². The lowest BCUT2D eigenvalue weighted by Crippen LogP contribution is -2.51. The molecule has 0 aromatic heterocycles. The van der Waals surface area contributed by atoms with E-state index in [0.717, 1.165) is 35.1 Å². The van der Waals surface area contributed by atoms with Crippen molar-refractivity contribution in [1.29, 1.82) is 0 Å². The summed E-state index contributed by atoms with van der Waals surface area (Å²) in [6, 6.07) is 9.89. The highest BCUT2D eigenvalue weighted by molar-refractivity contribution is 6.02. The second-order valence-corrected chi connectivity index (χ2v) is 7.84. The number of benzene rings is 2. The molecule has 1 atom stereocenters. The van der Waals surface area contributed by atoms with Crippen LogP contribution in [0.2, 0.25) is 0 Å². The fourth-order valence-corrected chi connectivity index (χ4v) is 3.93. The Morgan fingerprint density at radius 1 is 1.25 bits per heavy atom. The number of rotatable bonds is 3. The molecule has 1 fully saturated rings. The van der Waals surface area contributed by atoms with Gasteiger partial charge in [-0.2, -0.15) is 0 Å². The van der Waals surface area contributed by atoms with Gasteiger partial charge < -0.3 is 25.6 Å². The Labute approximate surface area is 164 Å². The second-order valence-electron chi connectivity index (χ2n) is 7.84. The van der Waals surface area contributed by atoms with Crippen LogP contribution in [0.25, 0.3) is 11.1 Å². The standard InChI is InChI=1S/C22H26N2O4/c1-13-3-4-16(23)11-17(13)15-9-18(14-5-7-27-8-6-14)20-19(10-15)28-22(2,12-25)21(26)24-20/h3-4,9-11,14,25H,5-8,12,23H2,1-2H3,(H,24,26). The van der Waals surface area contributed by atoms with Crippen LogP contribution in [-0.4, -0.2) is 36.4 Å². The van der Waals surface area contributed by atoms with Crippen molar-refractivity contribution in [3.8, 4) is 16.9 Å². The normalized spacial score (nSPS) is 22.3. The highest BCUT2D eigenvalue weighted by Crippen LogP contribution is 2.45. The summed E-state index contributed by atoms with van der Waals surface area (Å²) in [5, 5.41) is 12.7. The summed E-state index contributed by atoms with van der Waals surface area (Å²) in [6.45, 7) is 4.64. The molecule has 28 heavy (non-hydrogen) atoms. The number of hydrogen-bond donors (Lipinski definition) is 3. The number of ether oxygens (including phenoxy) is 2. The van der Waals surface area contributed by atoms with Crippen LogP contribution in [0.4, 0.5) is 11.4 Å². The quantitative estimate of drug-likeness (QED) is 0.709. The first kappa shape index (κ1) is 18.8. The van der Waals surface area contributed by atoms with Crippen LogP contribution in [0.5, 0.6) is 5.75 Å². The molecular weight excluding hydrogens is 356 g/mol. The van der Waals surface area contributed by atoms with Crippen molar-refractivity contribution < 1.29 is 19.4 Å². The smallest absolute Gasteiger partial charge is 0.270 e. The Morgan fingerprint density at radius 3 is 2.71 bits per heavy atom. The minimum absolute atomic E-state index is 0.270. The molecule has 2 aliphatic rings. The number of aliphatic hydroxyl groups excluding tert-OH is 1. The number of fused-ring (bicyclic) bond motifs is 1. The van der Waals surface area contributed by atoms with E-state index in [1.165, 1.54) is 0 Å². The topological polar surface area (TPSA) is 93.8 Å². The molecule has 2 aromatic carbocycles. The van der Waals surface area contributed by atoms with E-state index in [4.69, 9.17) is 15.2 Å². The van der Waals surface area contributed by atoms with Gasteiger partial charge in [0.2, 0.25) is 5.60 Å². The van der Waals surface area contributed by atoms with E-state index in [2.05, 4.69) is 11.4 Å². The van der Waals surface area contributed by atoms with Crippen molar-refractivity contribution in [2.45, 2.75) is 38.2 Å². The number of nitrogens with two attached hydrogens (primary N) is 1. The van der Waals surface area contributed by atoms with Gasteiger partial charge in [-0.15, -0.1) is 0 Å². The van der Waals surface area contributed by atoms with Crippen molar-refractivity contribution >= 4 is 17.3 Å². The first-order chi connectivity index (χ1) is 13.4. The van der Waals surface area contributed by atoms with Gasteiger partial charge in [0.15, 0.2) is 0 Å². The van der Waals surface area contributed by atoms with Crippen LogP contribution in [0, 0.1) is 6.92 Å². The molecule has 2 aliphatic heterocycles. The third-order valence-corrected chi connectivity index (χ3v) is 5.72. The summed E-state index contributed by atoms with van der Waals surface area (Å²) >= 11 is 0. The molecule has 1 amide bonds. The van der Waals surface area contributed by atoms with Crippen LogP contribution < -0.4 is 15.8 Å². The molecule has 0 spiro atoms. The van der Waals surface area contributed by atoms with Gasteiger partial charge in [-0.1, -0.05) is 6.07 Å². The number of carbonyl (C=O) groups is 1. The molecule has 4 rings (SSSR count). The number of anilines is 2. The molecule has 2 aromatic rings. The van der Waals surface area contributed by atoms with Crippen LogP contribution in [0.1, 0.15) is 36.8 Å². The lowest BCUT2D eigenvalue weighted by atomic mass is 9.86. The number of nitrogens with one attached hydrogen (secondary N) is 1. The van der Waals surface area contributed by atoms with Crippen LogP contribution in [0.3, 0.4) is 0 Å². The molecule has 0 bridgehead atoms. The van der Waals surface area contributed by atoms with Gasteiger partial charge in [0.05, 0.1) is 12.3 Å². The van der Waals surface area contributed by atoms with E-state index < -0.39 is 12.2 Å². The first-order valence-electron chi connectivity index (χ1n) is 9.65. The highest BCUT2D eigenvalue weighted by atomic mass is 16.5. The SMILES string of the molecule is Cc1ccc(N)cc1-c1cc2c(c(C3CCOCC3)c1)NC(=O)C(C)(CO)O2. The van der Waals surface area contributed by atoms with E-state index in [1.807, 2.05) is 31.2 Å². The largest absolute Gasteiger partial charge is 0.473 e. The fraction of sp³-hybridized carbons (Fsp3) is 0.409. The van der Waals surface area contributed by atoms with Gasteiger partial charge in [0.25, 0.3) is 5.91 Å². The average molecular weight is 382 g/mol. The van der Waals surface area contributed by atoms with E-state index in [9.17, 15) is 9.90 Å². The molecule has 0 aliphatic carbocycles. The summed E-state index contributed by atoms with van der Waals surface area (Å²) < 4.78 is 11.5. The molecule has 6 nitrogen and oxygen atoms in total. The van der Waals surface area contributed by atoms with Crippen LogP contribution in [-0.2, 0) is 9.53 Å². The van der Waals surface area contributed by atoms with Crippen LogP contribution in [0.15, 0.2) is 30.3 Å². The summed E-state index contributed by atoms with van der Waals surface area (Å²) in [6.07, 6.45) is 1.78. The molecule has 148 valence electrons. The minimum atomic E-state index is -1.30. The van der Waals surface area contributed by atoms with E-state index in [-0.39, 0.29) is 11.8 Å². The lowest BCUT2D eigenvalue weighted by molar-refractivity contribution is -0.134. The number of nitrogen functional groups attached to an aromatic ring is 1. The van der Waals surface area contributed by atoms with Crippen molar-refractivity contribution in [1.82, 2.24) is 0 Å². The van der Waals surface area contributed by atoms with E-state index >= 15 is 0 Å². The van der Waals surface area contributed by atoms with Crippen molar-refractivity contribution in [2.75, 3.05) is 30.9 Å². The Morgan fingerprint density at radius 2 is 2.00 bits per heavy atom. The Balaban J connectivity index is 1.88. The summed E-state index contributed by atoms with van der Waals surface area (Å²) in [5.74, 6) is 0.520. The number of aliphatic hydroxyl groups is 1. The first-order valence-corrected chi connectivity index (χ1v) is 9.65. The molecule has 1 saturated heterocycles. The van der Waals surface area contributed by atoms with E-state index in [0.29, 0.717) is 30.3 Å². The second kappa shape index (κ2) is 7.11. The number of hydrogen-bond acceptors (Lipinski definition) is 5. The molecule has 2 heterocycles. The van der Waals surface area contributed by atoms with Crippen LogP contribution >= 0.6 is 0 Å². The predicted octanol–water partition coefficient (Wildman–Crippen LogP) is 3.22. The summed E-state index contributed by atoms with van der Waals surface area (Å²) in [5.41, 5.74) is 10.3. The maximum atomic E-state index is 12.6. The third-order valence-electron chi connectivity index (χ3n) is 5.72.